The monoisotopic (exact) mass is 244 g/mol. The van der Waals surface area contributed by atoms with Crippen molar-refractivity contribution in [2.24, 2.45) is 0 Å². The van der Waals surface area contributed by atoms with Gasteiger partial charge in [0.05, 0.1) is 0 Å². The Balaban J connectivity index is 2.35. The van der Waals surface area contributed by atoms with Crippen LogP contribution in [0.3, 0.4) is 0 Å². The fourth-order valence-electron chi connectivity index (χ4n) is 1.70. The first kappa shape index (κ1) is 11.8. The van der Waals surface area contributed by atoms with Crippen LogP contribution in [0.25, 0.3) is 10.1 Å². The predicted octanol–water partition coefficient (Wildman–Crippen LogP) is 5.04. The number of allylic oxidation sites excluding steroid dienone is 4. The summed E-state index contributed by atoms with van der Waals surface area (Å²) in [6.07, 6.45) is 3.35. The summed E-state index contributed by atoms with van der Waals surface area (Å²) in [5.41, 5.74) is 0.589. The third kappa shape index (κ3) is 2.53. The molecule has 0 spiro atoms. The summed E-state index contributed by atoms with van der Waals surface area (Å²) < 4.78 is 14.7. The van der Waals surface area contributed by atoms with E-state index in [1.54, 1.807) is 17.4 Å². The Bertz CT molecular complexity index is 557. The standard InChI is InChI=1S/C15H13FS/c1-3-11(14(16)4-2)9-13-10-12-7-5-6-8-15(12)17-13/h3-8,10H,1-2,9H2. The number of hydrogen-bond donors (Lipinski definition) is 0. The van der Waals surface area contributed by atoms with E-state index in [-0.39, 0.29) is 5.83 Å². The summed E-state index contributed by atoms with van der Waals surface area (Å²) in [6, 6.07) is 10.3. The van der Waals surface area contributed by atoms with E-state index in [9.17, 15) is 4.39 Å². The van der Waals surface area contributed by atoms with Crippen LogP contribution in [0.15, 0.2) is 67.0 Å². The highest BCUT2D eigenvalue weighted by molar-refractivity contribution is 7.19. The fraction of sp³-hybridized carbons (Fsp3) is 0.0667. The van der Waals surface area contributed by atoms with Gasteiger partial charge in [-0.25, -0.2) is 4.39 Å². The van der Waals surface area contributed by atoms with Crippen molar-refractivity contribution in [3.8, 4) is 0 Å². The van der Waals surface area contributed by atoms with Crippen molar-refractivity contribution < 1.29 is 4.39 Å². The SMILES string of the molecule is C=CC(F)=C(C=C)Cc1cc2ccccc2s1. The molecule has 1 aromatic heterocycles. The van der Waals surface area contributed by atoms with Gasteiger partial charge in [-0.15, -0.1) is 11.3 Å². The smallest absolute Gasteiger partial charge is 0.126 e. The summed E-state index contributed by atoms with van der Waals surface area (Å²) in [7, 11) is 0. The van der Waals surface area contributed by atoms with Crippen molar-refractivity contribution in [1.82, 2.24) is 0 Å². The summed E-state index contributed by atoms with van der Waals surface area (Å²) >= 11 is 1.69. The van der Waals surface area contributed by atoms with Gasteiger partial charge in [0, 0.05) is 16.0 Å². The van der Waals surface area contributed by atoms with Gasteiger partial charge in [0.25, 0.3) is 0 Å². The quantitative estimate of drug-likeness (QED) is 0.661. The molecule has 0 fully saturated rings. The zero-order chi connectivity index (χ0) is 12.3. The largest absolute Gasteiger partial charge is 0.207 e. The molecular weight excluding hydrogens is 231 g/mol. The highest BCUT2D eigenvalue weighted by Crippen LogP contribution is 2.28. The Kier molecular flexibility index (Phi) is 3.55. The number of thiophene rings is 1. The highest BCUT2D eigenvalue weighted by atomic mass is 32.1. The summed E-state index contributed by atoms with van der Waals surface area (Å²) in [5.74, 6) is -0.294. The maximum atomic E-state index is 13.4. The third-order valence-corrected chi connectivity index (χ3v) is 3.69. The summed E-state index contributed by atoms with van der Waals surface area (Å²) in [5, 5.41) is 1.20. The predicted molar refractivity (Wildman–Crippen MR) is 74.1 cm³/mol. The fourth-order valence-corrected chi connectivity index (χ4v) is 2.78. The Morgan fingerprint density at radius 3 is 2.65 bits per heavy atom. The van der Waals surface area contributed by atoms with E-state index >= 15 is 0 Å². The molecule has 0 amide bonds. The van der Waals surface area contributed by atoms with Gasteiger partial charge in [0.2, 0.25) is 0 Å². The molecule has 0 aliphatic rings. The highest BCUT2D eigenvalue weighted by Gasteiger charge is 2.05. The van der Waals surface area contributed by atoms with Gasteiger partial charge >= 0.3 is 0 Å². The van der Waals surface area contributed by atoms with Crippen LogP contribution in [0.4, 0.5) is 4.39 Å². The van der Waals surface area contributed by atoms with Crippen molar-refractivity contribution in [3.05, 3.63) is 71.9 Å². The minimum atomic E-state index is -0.294. The average Bonchev–Trinajstić information content (AvgIpc) is 2.77. The number of hydrogen-bond acceptors (Lipinski definition) is 1. The third-order valence-electron chi connectivity index (χ3n) is 2.57. The molecule has 0 aliphatic carbocycles. The van der Waals surface area contributed by atoms with Gasteiger partial charge in [-0.05, 0) is 29.2 Å². The van der Waals surface area contributed by atoms with Crippen LogP contribution in [0.1, 0.15) is 4.88 Å². The van der Waals surface area contributed by atoms with Crippen molar-refractivity contribution in [2.45, 2.75) is 6.42 Å². The molecule has 0 saturated carbocycles. The summed E-state index contributed by atoms with van der Waals surface area (Å²) in [4.78, 5) is 1.14. The van der Waals surface area contributed by atoms with Crippen molar-refractivity contribution in [3.63, 3.8) is 0 Å². The van der Waals surface area contributed by atoms with E-state index in [0.717, 1.165) is 4.88 Å². The zero-order valence-corrected chi connectivity index (χ0v) is 10.3. The molecule has 0 aliphatic heterocycles. The minimum absolute atomic E-state index is 0.294. The molecule has 0 radical (unpaired) electrons. The lowest BCUT2D eigenvalue weighted by molar-refractivity contribution is 0.655. The van der Waals surface area contributed by atoms with Gasteiger partial charge in [-0.3, -0.25) is 0 Å². The second-order valence-electron chi connectivity index (χ2n) is 3.71. The number of benzene rings is 1. The Hall–Kier alpha value is -1.67. The molecule has 2 rings (SSSR count). The molecular formula is C15H13FS. The first-order valence-electron chi connectivity index (χ1n) is 5.35. The van der Waals surface area contributed by atoms with Gasteiger partial charge in [0.15, 0.2) is 0 Å². The second-order valence-corrected chi connectivity index (χ2v) is 4.88. The molecule has 2 heteroatoms. The molecule has 86 valence electrons. The molecule has 0 bridgehead atoms. The van der Waals surface area contributed by atoms with E-state index in [1.165, 1.54) is 16.2 Å². The molecule has 0 atom stereocenters. The van der Waals surface area contributed by atoms with Crippen molar-refractivity contribution in [2.75, 3.05) is 0 Å². The molecule has 1 heterocycles. The Morgan fingerprint density at radius 2 is 2.00 bits per heavy atom. The van der Waals surface area contributed by atoms with E-state index in [2.05, 4.69) is 31.4 Å². The number of fused-ring (bicyclic) bond motifs is 1. The first-order valence-corrected chi connectivity index (χ1v) is 6.17. The second kappa shape index (κ2) is 5.11. The van der Waals surface area contributed by atoms with Crippen LogP contribution in [0.2, 0.25) is 0 Å². The first-order chi connectivity index (χ1) is 8.24. The number of rotatable bonds is 4. The van der Waals surface area contributed by atoms with Crippen LogP contribution >= 0.6 is 11.3 Å². The van der Waals surface area contributed by atoms with Crippen molar-refractivity contribution >= 4 is 21.4 Å². The Morgan fingerprint density at radius 1 is 1.24 bits per heavy atom. The molecule has 0 unspecified atom stereocenters. The molecule has 0 N–H and O–H groups in total. The molecule has 17 heavy (non-hydrogen) atoms. The van der Waals surface area contributed by atoms with Crippen LogP contribution < -0.4 is 0 Å². The maximum absolute atomic E-state index is 13.4. The van der Waals surface area contributed by atoms with Crippen LogP contribution in [0.5, 0.6) is 0 Å². The minimum Gasteiger partial charge on any atom is -0.207 e. The van der Waals surface area contributed by atoms with E-state index in [1.807, 2.05) is 12.1 Å². The van der Waals surface area contributed by atoms with Crippen LogP contribution in [0, 0.1) is 0 Å². The lowest BCUT2D eigenvalue weighted by atomic mass is 10.1. The molecule has 2 aromatic rings. The molecule has 1 aromatic carbocycles. The lowest BCUT2D eigenvalue weighted by Gasteiger charge is -1.99. The van der Waals surface area contributed by atoms with Gasteiger partial charge in [-0.1, -0.05) is 37.4 Å². The van der Waals surface area contributed by atoms with Gasteiger partial charge < -0.3 is 0 Å². The molecule has 0 nitrogen and oxygen atoms in total. The van der Waals surface area contributed by atoms with Crippen molar-refractivity contribution in [1.29, 1.82) is 0 Å². The van der Waals surface area contributed by atoms with Gasteiger partial charge in [-0.2, -0.15) is 0 Å². The topological polar surface area (TPSA) is 0 Å². The Labute approximate surface area is 104 Å². The van der Waals surface area contributed by atoms with Gasteiger partial charge in [0.1, 0.15) is 5.83 Å². The summed E-state index contributed by atoms with van der Waals surface area (Å²) in [6.45, 7) is 7.08. The van der Waals surface area contributed by atoms with E-state index in [0.29, 0.717) is 12.0 Å². The normalized spacial score (nSPS) is 12.3. The van der Waals surface area contributed by atoms with Crippen LogP contribution in [-0.4, -0.2) is 0 Å². The van der Waals surface area contributed by atoms with Crippen LogP contribution in [-0.2, 0) is 6.42 Å². The maximum Gasteiger partial charge on any atom is 0.126 e. The zero-order valence-electron chi connectivity index (χ0n) is 9.45. The number of halogens is 1. The average molecular weight is 244 g/mol. The van der Waals surface area contributed by atoms with E-state index in [4.69, 9.17) is 0 Å². The molecule has 0 saturated heterocycles. The van der Waals surface area contributed by atoms with E-state index < -0.39 is 0 Å². The lowest BCUT2D eigenvalue weighted by Crippen LogP contribution is -1.86.